The molecule has 2 saturated heterocycles. The van der Waals surface area contributed by atoms with Gasteiger partial charge in [0.2, 0.25) is 0 Å². The van der Waals surface area contributed by atoms with Crippen LogP contribution in [0.3, 0.4) is 0 Å². The maximum absolute atomic E-state index is 3.75. The first kappa shape index (κ1) is 14.7. The first-order valence-corrected chi connectivity index (χ1v) is 8.47. The predicted molar refractivity (Wildman–Crippen MR) is 82.4 cm³/mol. The fourth-order valence-electron chi connectivity index (χ4n) is 3.09. The third kappa shape index (κ3) is 3.88. The molecule has 0 saturated carbocycles. The highest BCUT2D eigenvalue weighted by Crippen LogP contribution is 2.33. The van der Waals surface area contributed by atoms with Crippen molar-refractivity contribution in [2.24, 2.45) is 5.41 Å². The van der Waals surface area contributed by atoms with Crippen LogP contribution in [-0.4, -0.2) is 47.6 Å². The number of piperidine rings is 1. The molecule has 18 heavy (non-hydrogen) atoms. The van der Waals surface area contributed by atoms with Gasteiger partial charge in [0.15, 0.2) is 0 Å². The Morgan fingerprint density at radius 2 is 1.94 bits per heavy atom. The van der Waals surface area contributed by atoms with Crippen LogP contribution >= 0.6 is 11.8 Å². The molecule has 0 bridgehead atoms. The maximum Gasteiger partial charge on any atom is 0.0246 e. The number of hydrogen-bond donors (Lipinski definition) is 1. The summed E-state index contributed by atoms with van der Waals surface area (Å²) in [5, 5.41) is 3.75. The summed E-state index contributed by atoms with van der Waals surface area (Å²) in [7, 11) is 0. The van der Waals surface area contributed by atoms with Crippen molar-refractivity contribution in [1.82, 2.24) is 10.2 Å². The Morgan fingerprint density at radius 3 is 2.67 bits per heavy atom. The van der Waals surface area contributed by atoms with Crippen LogP contribution in [-0.2, 0) is 0 Å². The zero-order valence-electron chi connectivity index (χ0n) is 12.6. The normalized spacial score (nSPS) is 33.0. The van der Waals surface area contributed by atoms with Crippen LogP contribution in [0.1, 0.15) is 47.0 Å². The van der Waals surface area contributed by atoms with Crippen molar-refractivity contribution in [3.63, 3.8) is 0 Å². The minimum atomic E-state index is 0.465. The molecular formula is C15H30N2S. The van der Waals surface area contributed by atoms with Crippen molar-refractivity contribution in [3.8, 4) is 0 Å². The summed E-state index contributed by atoms with van der Waals surface area (Å²) in [6, 6.07) is 0.678. The summed E-state index contributed by atoms with van der Waals surface area (Å²) in [6.07, 6.45) is 4.04. The summed E-state index contributed by atoms with van der Waals surface area (Å²) in [6.45, 7) is 14.6. The lowest BCUT2D eigenvalue weighted by Crippen LogP contribution is -2.53. The molecular weight excluding hydrogens is 240 g/mol. The van der Waals surface area contributed by atoms with Crippen LogP contribution in [0, 0.1) is 5.41 Å². The highest BCUT2D eigenvalue weighted by atomic mass is 32.2. The lowest BCUT2D eigenvalue weighted by molar-refractivity contribution is 0.129. The van der Waals surface area contributed by atoms with Crippen molar-refractivity contribution in [2.75, 3.05) is 31.9 Å². The second kappa shape index (κ2) is 5.72. The van der Waals surface area contributed by atoms with Gasteiger partial charge in [-0.1, -0.05) is 27.7 Å². The molecule has 2 rings (SSSR count). The molecule has 1 N–H and O–H groups in total. The molecule has 3 heteroatoms. The van der Waals surface area contributed by atoms with E-state index >= 15 is 0 Å². The van der Waals surface area contributed by atoms with Gasteiger partial charge in [-0.15, -0.1) is 0 Å². The zero-order valence-corrected chi connectivity index (χ0v) is 13.4. The second-order valence-corrected chi connectivity index (χ2v) is 9.06. The van der Waals surface area contributed by atoms with E-state index < -0.39 is 0 Å². The predicted octanol–water partition coefficient (Wildman–Crippen LogP) is 2.98. The van der Waals surface area contributed by atoms with Gasteiger partial charge in [-0.25, -0.2) is 0 Å². The molecule has 0 aromatic heterocycles. The van der Waals surface area contributed by atoms with Crippen LogP contribution in [0.5, 0.6) is 0 Å². The molecule has 2 nitrogen and oxygen atoms in total. The molecule has 2 heterocycles. The molecule has 106 valence electrons. The van der Waals surface area contributed by atoms with Crippen molar-refractivity contribution in [2.45, 2.75) is 57.7 Å². The van der Waals surface area contributed by atoms with Gasteiger partial charge in [0, 0.05) is 29.6 Å². The van der Waals surface area contributed by atoms with Crippen molar-refractivity contribution < 1.29 is 0 Å². The molecule has 1 atom stereocenters. The molecule has 2 aliphatic rings. The average Bonchev–Trinajstić information content (AvgIpc) is 2.43. The highest BCUT2D eigenvalue weighted by Gasteiger charge is 2.34. The van der Waals surface area contributed by atoms with Crippen LogP contribution in [0.15, 0.2) is 0 Å². The molecule has 2 fully saturated rings. The minimum absolute atomic E-state index is 0.465. The van der Waals surface area contributed by atoms with Crippen molar-refractivity contribution in [3.05, 3.63) is 0 Å². The van der Waals surface area contributed by atoms with E-state index in [9.17, 15) is 0 Å². The van der Waals surface area contributed by atoms with E-state index in [2.05, 4.69) is 49.7 Å². The lowest BCUT2D eigenvalue weighted by Gasteiger charge is -2.42. The Labute approximate surface area is 117 Å². The molecule has 0 spiro atoms. The Hall–Kier alpha value is 0.270. The molecule has 1 unspecified atom stereocenters. The first-order chi connectivity index (χ1) is 8.39. The van der Waals surface area contributed by atoms with Gasteiger partial charge < -0.3 is 10.2 Å². The number of thioether (sulfide) groups is 1. The molecule has 0 radical (unpaired) electrons. The summed E-state index contributed by atoms with van der Waals surface area (Å²) in [4.78, 5) is 2.69. The van der Waals surface area contributed by atoms with Gasteiger partial charge in [0.05, 0.1) is 0 Å². The van der Waals surface area contributed by atoms with Gasteiger partial charge in [-0.05, 0) is 37.8 Å². The highest BCUT2D eigenvalue weighted by molar-refractivity contribution is 8.00. The van der Waals surface area contributed by atoms with Gasteiger partial charge >= 0.3 is 0 Å². The fraction of sp³-hybridized carbons (Fsp3) is 1.00. The summed E-state index contributed by atoms with van der Waals surface area (Å²) < 4.78 is 0.476. The van der Waals surface area contributed by atoms with E-state index in [1.807, 2.05) is 0 Å². The van der Waals surface area contributed by atoms with Gasteiger partial charge in [-0.3, -0.25) is 0 Å². The van der Waals surface area contributed by atoms with E-state index in [0.29, 0.717) is 16.2 Å². The zero-order chi connectivity index (χ0) is 13.2. The third-order valence-corrected chi connectivity index (χ3v) is 6.08. The quantitative estimate of drug-likeness (QED) is 0.830. The largest absolute Gasteiger partial charge is 0.312 e. The third-order valence-electron chi connectivity index (χ3n) is 4.70. The summed E-state index contributed by atoms with van der Waals surface area (Å²) >= 11 is 2.14. The maximum atomic E-state index is 3.75. The van der Waals surface area contributed by atoms with Crippen LogP contribution in [0.2, 0.25) is 0 Å². The van der Waals surface area contributed by atoms with E-state index in [0.717, 1.165) is 0 Å². The SMILES string of the molecule is CC1(C)CCN(CC2NCCCC2(C)C)CCS1. The number of rotatable bonds is 2. The Balaban J connectivity index is 1.89. The topological polar surface area (TPSA) is 15.3 Å². The molecule has 2 aliphatic heterocycles. The first-order valence-electron chi connectivity index (χ1n) is 7.49. The Morgan fingerprint density at radius 1 is 1.17 bits per heavy atom. The van der Waals surface area contributed by atoms with Crippen LogP contribution in [0.25, 0.3) is 0 Å². The van der Waals surface area contributed by atoms with E-state index in [-0.39, 0.29) is 0 Å². The van der Waals surface area contributed by atoms with Gasteiger partial charge in [0.25, 0.3) is 0 Å². The number of nitrogens with zero attached hydrogens (tertiary/aromatic N) is 1. The van der Waals surface area contributed by atoms with E-state index in [1.165, 1.54) is 51.2 Å². The van der Waals surface area contributed by atoms with Gasteiger partial charge in [0.1, 0.15) is 0 Å². The summed E-state index contributed by atoms with van der Waals surface area (Å²) in [5.74, 6) is 1.29. The van der Waals surface area contributed by atoms with Crippen molar-refractivity contribution in [1.29, 1.82) is 0 Å². The van der Waals surface area contributed by atoms with E-state index in [4.69, 9.17) is 0 Å². The second-order valence-electron chi connectivity index (χ2n) is 7.26. The lowest BCUT2D eigenvalue weighted by atomic mass is 9.77. The van der Waals surface area contributed by atoms with E-state index in [1.54, 1.807) is 0 Å². The molecule has 0 aliphatic carbocycles. The fourth-order valence-corrected chi connectivity index (χ4v) is 4.22. The smallest absolute Gasteiger partial charge is 0.0246 e. The molecule has 0 amide bonds. The average molecular weight is 270 g/mol. The summed E-state index contributed by atoms with van der Waals surface area (Å²) in [5.41, 5.74) is 0.465. The minimum Gasteiger partial charge on any atom is -0.312 e. The molecule has 0 aromatic carbocycles. The Kier molecular flexibility index (Phi) is 4.66. The number of nitrogens with one attached hydrogen (secondary N) is 1. The Bertz CT molecular complexity index is 276. The van der Waals surface area contributed by atoms with Crippen molar-refractivity contribution >= 4 is 11.8 Å². The molecule has 0 aromatic rings. The monoisotopic (exact) mass is 270 g/mol. The standard InChI is InChI=1S/C15H30N2S/c1-14(2)6-5-8-16-13(14)12-17-9-7-15(3,4)18-11-10-17/h13,16H,5-12H2,1-4H3. The number of hydrogen-bond acceptors (Lipinski definition) is 3. The van der Waals surface area contributed by atoms with Crippen LogP contribution < -0.4 is 5.32 Å². The van der Waals surface area contributed by atoms with Gasteiger partial charge in [-0.2, -0.15) is 11.8 Å². The van der Waals surface area contributed by atoms with Crippen LogP contribution in [0.4, 0.5) is 0 Å².